The number of nitrogens with one attached hydrogen (secondary N) is 2. The van der Waals surface area contributed by atoms with Crippen molar-refractivity contribution in [2.24, 2.45) is 0 Å². The van der Waals surface area contributed by atoms with E-state index < -0.39 is 10.0 Å². The van der Waals surface area contributed by atoms with Crippen LogP contribution >= 0.6 is 0 Å². The molecule has 5 nitrogen and oxygen atoms in total. The van der Waals surface area contributed by atoms with Crippen LogP contribution in [0.15, 0.2) is 0 Å². The fourth-order valence-corrected chi connectivity index (χ4v) is 2.69. The lowest BCUT2D eigenvalue weighted by atomic mass is 10.2. The van der Waals surface area contributed by atoms with Gasteiger partial charge in [-0.1, -0.05) is 0 Å². The van der Waals surface area contributed by atoms with Crippen molar-refractivity contribution < 1.29 is 13.2 Å². The van der Waals surface area contributed by atoms with E-state index in [0.717, 1.165) is 19.4 Å². The number of ether oxygens (including phenoxy) is 1. The molecule has 1 rings (SSSR count). The Labute approximate surface area is 98.0 Å². The second-order valence-corrected chi connectivity index (χ2v) is 5.92. The SMILES string of the molecule is CCOCCS(=O)(=O)NCC[C@H]1CCCN1. The summed E-state index contributed by atoms with van der Waals surface area (Å²) in [5.74, 6) is 0.0545. The number of sulfonamides is 1. The first kappa shape index (κ1) is 13.9. The molecule has 2 N–H and O–H groups in total. The molecule has 0 aromatic rings. The second kappa shape index (κ2) is 7.21. The van der Waals surface area contributed by atoms with Gasteiger partial charge in [0.25, 0.3) is 0 Å². The number of hydrogen-bond acceptors (Lipinski definition) is 4. The third-order valence-corrected chi connectivity index (χ3v) is 4.03. The summed E-state index contributed by atoms with van der Waals surface area (Å²) in [5.41, 5.74) is 0. The van der Waals surface area contributed by atoms with E-state index in [1.165, 1.54) is 6.42 Å². The lowest BCUT2D eigenvalue weighted by molar-refractivity contribution is 0.163. The summed E-state index contributed by atoms with van der Waals surface area (Å²) in [6.07, 6.45) is 3.22. The van der Waals surface area contributed by atoms with Crippen LogP contribution in [-0.2, 0) is 14.8 Å². The Kier molecular flexibility index (Phi) is 6.26. The highest BCUT2D eigenvalue weighted by atomic mass is 32.2. The fraction of sp³-hybridized carbons (Fsp3) is 1.00. The molecule has 0 amide bonds. The Morgan fingerprint density at radius 2 is 2.31 bits per heavy atom. The minimum Gasteiger partial charge on any atom is -0.381 e. The van der Waals surface area contributed by atoms with Crippen molar-refractivity contribution in [3.63, 3.8) is 0 Å². The Bertz CT molecular complexity index is 274. The molecule has 1 fully saturated rings. The Balaban J connectivity index is 2.09. The summed E-state index contributed by atoms with van der Waals surface area (Å²) < 4.78 is 30.5. The average molecular weight is 250 g/mol. The molecular formula is C10H22N2O3S. The maximum absolute atomic E-state index is 11.5. The molecule has 0 saturated carbocycles. The second-order valence-electron chi connectivity index (χ2n) is 3.99. The van der Waals surface area contributed by atoms with Crippen LogP contribution in [0, 0.1) is 0 Å². The highest BCUT2D eigenvalue weighted by Gasteiger charge is 2.15. The minimum atomic E-state index is -3.15. The van der Waals surface area contributed by atoms with Crippen molar-refractivity contribution in [2.75, 3.05) is 32.1 Å². The van der Waals surface area contributed by atoms with E-state index in [-0.39, 0.29) is 12.4 Å². The maximum Gasteiger partial charge on any atom is 0.213 e. The monoisotopic (exact) mass is 250 g/mol. The molecule has 0 bridgehead atoms. The zero-order chi connectivity index (χ0) is 11.9. The van der Waals surface area contributed by atoms with Gasteiger partial charge in [-0.2, -0.15) is 0 Å². The molecule has 0 unspecified atom stereocenters. The molecule has 1 aliphatic rings. The lowest BCUT2D eigenvalue weighted by Crippen LogP contribution is -2.33. The zero-order valence-corrected chi connectivity index (χ0v) is 10.7. The standard InChI is InChI=1S/C10H22N2O3S/c1-2-15-8-9-16(13,14)12-7-5-10-4-3-6-11-10/h10-12H,2-9H2,1H3/t10-/m1/s1. The van der Waals surface area contributed by atoms with Crippen molar-refractivity contribution in [2.45, 2.75) is 32.2 Å². The summed E-state index contributed by atoms with van der Waals surface area (Å²) in [6, 6.07) is 0.481. The Morgan fingerprint density at radius 3 is 2.94 bits per heavy atom. The summed E-state index contributed by atoms with van der Waals surface area (Å²) in [5, 5.41) is 3.34. The van der Waals surface area contributed by atoms with E-state index in [0.29, 0.717) is 19.2 Å². The maximum atomic E-state index is 11.5. The quantitative estimate of drug-likeness (QED) is 0.599. The molecule has 1 saturated heterocycles. The smallest absolute Gasteiger partial charge is 0.213 e. The third kappa shape index (κ3) is 5.79. The highest BCUT2D eigenvalue weighted by Crippen LogP contribution is 2.07. The van der Waals surface area contributed by atoms with Crippen LogP contribution in [0.25, 0.3) is 0 Å². The normalized spacial score (nSPS) is 21.4. The lowest BCUT2D eigenvalue weighted by Gasteiger charge is -2.11. The van der Waals surface area contributed by atoms with E-state index >= 15 is 0 Å². The van der Waals surface area contributed by atoms with Crippen molar-refractivity contribution >= 4 is 10.0 Å². The predicted octanol–water partition coefficient (Wildman–Crippen LogP) is 0.0844. The van der Waals surface area contributed by atoms with E-state index in [4.69, 9.17) is 4.74 Å². The molecule has 1 heterocycles. The van der Waals surface area contributed by atoms with E-state index in [1.807, 2.05) is 6.92 Å². The predicted molar refractivity (Wildman–Crippen MR) is 63.9 cm³/mol. The van der Waals surface area contributed by atoms with Crippen molar-refractivity contribution in [1.82, 2.24) is 10.0 Å². The number of rotatable bonds is 8. The first-order valence-corrected chi connectivity index (χ1v) is 7.58. The van der Waals surface area contributed by atoms with Crippen LogP contribution in [0.5, 0.6) is 0 Å². The van der Waals surface area contributed by atoms with Gasteiger partial charge in [0.2, 0.25) is 10.0 Å². The fourth-order valence-electron chi connectivity index (χ4n) is 1.78. The summed E-state index contributed by atoms with van der Waals surface area (Å²) in [6.45, 7) is 4.26. The van der Waals surface area contributed by atoms with Crippen molar-refractivity contribution in [1.29, 1.82) is 0 Å². The van der Waals surface area contributed by atoms with Gasteiger partial charge in [-0.3, -0.25) is 0 Å². The van der Waals surface area contributed by atoms with E-state index in [1.54, 1.807) is 0 Å². The van der Waals surface area contributed by atoms with Gasteiger partial charge in [0.05, 0.1) is 12.4 Å². The van der Waals surface area contributed by atoms with Crippen LogP contribution in [0.4, 0.5) is 0 Å². The van der Waals surface area contributed by atoms with Gasteiger partial charge in [0, 0.05) is 19.2 Å². The molecule has 96 valence electrons. The third-order valence-electron chi connectivity index (χ3n) is 2.68. The molecule has 0 spiro atoms. The van der Waals surface area contributed by atoms with Gasteiger partial charge in [0.1, 0.15) is 0 Å². The van der Waals surface area contributed by atoms with Gasteiger partial charge < -0.3 is 10.1 Å². The zero-order valence-electron chi connectivity index (χ0n) is 9.87. The van der Waals surface area contributed by atoms with Crippen LogP contribution in [0.1, 0.15) is 26.2 Å². The van der Waals surface area contributed by atoms with Gasteiger partial charge in [-0.15, -0.1) is 0 Å². The van der Waals surface area contributed by atoms with Gasteiger partial charge in [0.15, 0.2) is 0 Å². The van der Waals surface area contributed by atoms with E-state index in [9.17, 15) is 8.42 Å². The van der Waals surface area contributed by atoms with E-state index in [2.05, 4.69) is 10.0 Å². The van der Waals surface area contributed by atoms with Crippen LogP contribution < -0.4 is 10.0 Å². The summed E-state index contributed by atoms with van der Waals surface area (Å²) in [4.78, 5) is 0. The summed E-state index contributed by atoms with van der Waals surface area (Å²) >= 11 is 0. The average Bonchev–Trinajstić information content (AvgIpc) is 2.70. The molecule has 0 aromatic carbocycles. The topological polar surface area (TPSA) is 67.4 Å². The highest BCUT2D eigenvalue weighted by molar-refractivity contribution is 7.89. The molecule has 1 atom stereocenters. The molecule has 0 aliphatic carbocycles. The van der Waals surface area contributed by atoms with Gasteiger partial charge >= 0.3 is 0 Å². The van der Waals surface area contributed by atoms with Crippen LogP contribution in [0.2, 0.25) is 0 Å². The molecule has 6 heteroatoms. The van der Waals surface area contributed by atoms with Crippen LogP contribution in [-0.4, -0.2) is 46.5 Å². The molecule has 0 radical (unpaired) electrons. The Hall–Kier alpha value is -0.170. The largest absolute Gasteiger partial charge is 0.381 e. The van der Waals surface area contributed by atoms with Gasteiger partial charge in [-0.25, -0.2) is 13.1 Å². The van der Waals surface area contributed by atoms with Crippen LogP contribution in [0.3, 0.4) is 0 Å². The Morgan fingerprint density at radius 1 is 1.50 bits per heavy atom. The first-order valence-electron chi connectivity index (χ1n) is 5.92. The van der Waals surface area contributed by atoms with Crippen molar-refractivity contribution in [3.05, 3.63) is 0 Å². The molecule has 16 heavy (non-hydrogen) atoms. The molecular weight excluding hydrogens is 228 g/mol. The van der Waals surface area contributed by atoms with Crippen molar-refractivity contribution in [3.8, 4) is 0 Å². The number of hydrogen-bond donors (Lipinski definition) is 2. The minimum absolute atomic E-state index is 0.0545. The molecule has 0 aromatic heterocycles. The summed E-state index contributed by atoms with van der Waals surface area (Å²) in [7, 11) is -3.15. The van der Waals surface area contributed by atoms with Gasteiger partial charge in [-0.05, 0) is 32.7 Å². The molecule has 1 aliphatic heterocycles. The first-order chi connectivity index (χ1) is 7.64.